The Kier molecular flexibility index (Phi) is 6.53. The lowest BCUT2D eigenvalue weighted by Gasteiger charge is -2.25. The zero-order valence-electron chi connectivity index (χ0n) is 16.5. The number of aryl methyl sites for hydroxylation is 1. The van der Waals surface area contributed by atoms with Crippen molar-refractivity contribution in [3.8, 4) is 11.4 Å². The van der Waals surface area contributed by atoms with E-state index in [1.54, 1.807) is 6.26 Å². The highest BCUT2D eigenvalue weighted by Crippen LogP contribution is 2.25. The Hall–Kier alpha value is -2.58. The Balaban J connectivity index is 1.56. The van der Waals surface area contributed by atoms with Gasteiger partial charge in [0.15, 0.2) is 11.0 Å². The van der Waals surface area contributed by atoms with Gasteiger partial charge in [-0.2, -0.15) is 0 Å². The zero-order chi connectivity index (χ0) is 20.1. The molecule has 0 aliphatic carbocycles. The van der Waals surface area contributed by atoms with Crippen molar-refractivity contribution in [2.24, 2.45) is 7.05 Å². The first kappa shape index (κ1) is 20.2. The fourth-order valence-electron chi connectivity index (χ4n) is 2.96. The molecule has 3 rings (SSSR count). The summed E-state index contributed by atoms with van der Waals surface area (Å²) in [5.74, 6) is 1.77. The molecule has 1 atom stereocenters. The second-order valence-corrected chi connectivity index (χ2v) is 7.68. The SMILES string of the molecule is Cc1occc1-c1nnc(SCC(=O)NC[C@H](c2ccccc2)N(C)C)n1C. The van der Waals surface area contributed by atoms with Crippen LogP contribution in [-0.2, 0) is 11.8 Å². The number of hydrogen-bond acceptors (Lipinski definition) is 6. The maximum Gasteiger partial charge on any atom is 0.230 e. The van der Waals surface area contributed by atoms with Gasteiger partial charge in [-0.3, -0.25) is 4.79 Å². The van der Waals surface area contributed by atoms with E-state index < -0.39 is 0 Å². The van der Waals surface area contributed by atoms with Gasteiger partial charge in [0.2, 0.25) is 5.91 Å². The minimum atomic E-state index is -0.0307. The van der Waals surface area contributed by atoms with E-state index in [-0.39, 0.29) is 17.7 Å². The van der Waals surface area contributed by atoms with Crippen LogP contribution in [0.1, 0.15) is 17.4 Å². The summed E-state index contributed by atoms with van der Waals surface area (Å²) < 4.78 is 7.21. The van der Waals surface area contributed by atoms with Gasteiger partial charge in [-0.1, -0.05) is 42.1 Å². The quantitative estimate of drug-likeness (QED) is 0.587. The van der Waals surface area contributed by atoms with Gasteiger partial charge in [0.1, 0.15) is 5.76 Å². The Morgan fingerprint density at radius 2 is 2.00 bits per heavy atom. The molecule has 1 amide bonds. The van der Waals surface area contributed by atoms with Crippen LogP contribution in [-0.4, -0.2) is 52.0 Å². The van der Waals surface area contributed by atoms with Crippen molar-refractivity contribution in [2.45, 2.75) is 18.1 Å². The predicted molar refractivity (Wildman–Crippen MR) is 110 cm³/mol. The molecule has 0 spiro atoms. The van der Waals surface area contributed by atoms with Crippen LogP contribution in [0.25, 0.3) is 11.4 Å². The van der Waals surface area contributed by atoms with Gasteiger partial charge in [-0.05, 0) is 32.6 Å². The monoisotopic (exact) mass is 399 g/mol. The number of rotatable bonds is 8. The average molecular weight is 400 g/mol. The van der Waals surface area contributed by atoms with Gasteiger partial charge in [-0.15, -0.1) is 10.2 Å². The average Bonchev–Trinajstić information content (AvgIpc) is 3.26. The first-order chi connectivity index (χ1) is 13.5. The third kappa shape index (κ3) is 4.63. The Bertz CT molecular complexity index is 920. The summed E-state index contributed by atoms with van der Waals surface area (Å²) in [6.45, 7) is 2.44. The summed E-state index contributed by atoms with van der Waals surface area (Å²) in [4.78, 5) is 14.5. The highest BCUT2D eigenvalue weighted by Gasteiger charge is 2.17. The van der Waals surface area contributed by atoms with Crippen LogP contribution in [0.2, 0.25) is 0 Å². The van der Waals surface area contributed by atoms with E-state index in [1.165, 1.54) is 17.3 Å². The lowest BCUT2D eigenvalue weighted by atomic mass is 10.1. The van der Waals surface area contributed by atoms with Gasteiger partial charge in [0.25, 0.3) is 0 Å². The molecule has 0 radical (unpaired) electrons. The Morgan fingerprint density at radius 3 is 2.64 bits per heavy atom. The first-order valence-corrected chi connectivity index (χ1v) is 10.0. The highest BCUT2D eigenvalue weighted by atomic mass is 32.2. The minimum absolute atomic E-state index is 0.0307. The van der Waals surface area contributed by atoms with Gasteiger partial charge in [0, 0.05) is 13.6 Å². The molecule has 0 saturated carbocycles. The van der Waals surface area contributed by atoms with Crippen molar-refractivity contribution >= 4 is 17.7 Å². The van der Waals surface area contributed by atoms with Crippen LogP contribution in [0, 0.1) is 6.92 Å². The molecule has 2 aromatic heterocycles. The maximum atomic E-state index is 12.4. The van der Waals surface area contributed by atoms with Crippen molar-refractivity contribution in [1.82, 2.24) is 25.0 Å². The van der Waals surface area contributed by atoms with E-state index in [2.05, 4.69) is 32.5 Å². The molecule has 2 heterocycles. The summed E-state index contributed by atoms with van der Waals surface area (Å²) in [6.07, 6.45) is 1.63. The van der Waals surface area contributed by atoms with Crippen molar-refractivity contribution in [3.05, 3.63) is 54.0 Å². The summed E-state index contributed by atoms with van der Waals surface area (Å²) in [5, 5.41) is 12.1. The van der Waals surface area contributed by atoms with E-state index in [9.17, 15) is 4.79 Å². The van der Waals surface area contributed by atoms with E-state index >= 15 is 0 Å². The molecule has 0 bridgehead atoms. The molecule has 0 fully saturated rings. The number of thioether (sulfide) groups is 1. The molecule has 0 aliphatic rings. The van der Waals surface area contributed by atoms with Gasteiger partial charge in [-0.25, -0.2) is 0 Å². The third-order valence-corrected chi connectivity index (χ3v) is 5.59. The molecule has 8 heteroatoms. The lowest BCUT2D eigenvalue weighted by Crippen LogP contribution is -2.35. The molecule has 1 N–H and O–H groups in total. The van der Waals surface area contributed by atoms with Gasteiger partial charge in [0.05, 0.1) is 23.6 Å². The van der Waals surface area contributed by atoms with E-state index in [0.717, 1.165) is 17.1 Å². The van der Waals surface area contributed by atoms with Gasteiger partial charge >= 0.3 is 0 Å². The van der Waals surface area contributed by atoms with Crippen molar-refractivity contribution < 1.29 is 9.21 Å². The maximum absolute atomic E-state index is 12.4. The number of likely N-dealkylation sites (N-methyl/N-ethyl adjacent to an activating group) is 1. The summed E-state index contributed by atoms with van der Waals surface area (Å²) >= 11 is 1.37. The first-order valence-electron chi connectivity index (χ1n) is 9.02. The normalized spacial score (nSPS) is 12.3. The standard InChI is InChI=1S/C20H25N5O2S/c1-14-16(10-11-27-14)19-22-23-20(25(19)4)28-13-18(26)21-12-17(24(2)3)15-8-6-5-7-9-15/h5-11,17H,12-13H2,1-4H3,(H,21,26)/t17-/m1/s1. The molecular weight excluding hydrogens is 374 g/mol. The molecule has 148 valence electrons. The van der Waals surface area contributed by atoms with Crippen LogP contribution in [0.3, 0.4) is 0 Å². The second kappa shape index (κ2) is 9.07. The van der Waals surface area contributed by atoms with E-state index in [1.807, 2.05) is 56.9 Å². The molecule has 28 heavy (non-hydrogen) atoms. The number of amides is 1. The summed E-state index contributed by atoms with van der Waals surface area (Å²) in [5.41, 5.74) is 2.08. The predicted octanol–water partition coefficient (Wildman–Crippen LogP) is 2.89. The number of carbonyl (C=O) groups excluding carboxylic acids is 1. The number of furan rings is 1. The van der Waals surface area contributed by atoms with Gasteiger partial charge < -0.3 is 19.2 Å². The number of nitrogens with one attached hydrogen (secondary N) is 1. The molecule has 0 unspecified atom stereocenters. The highest BCUT2D eigenvalue weighted by molar-refractivity contribution is 7.99. The number of benzene rings is 1. The topological polar surface area (TPSA) is 76.2 Å². The number of aromatic nitrogens is 3. The molecule has 1 aromatic carbocycles. The summed E-state index contributed by atoms with van der Waals surface area (Å²) in [6, 6.07) is 12.2. The van der Waals surface area contributed by atoms with Crippen LogP contribution in [0.4, 0.5) is 0 Å². The minimum Gasteiger partial charge on any atom is -0.469 e. The fraction of sp³-hybridized carbons (Fsp3) is 0.350. The molecular formula is C20H25N5O2S. The van der Waals surface area contributed by atoms with Crippen molar-refractivity contribution in [2.75, 3.05) is 26.4 Å². The lowest BCUT2D eigenvalue weighted by molar-refractivity contribution is -0.118. The zero-order valence-corrected chi connectivity index (χ0v) is 17.4. The molecule has 0 saturated heterocycles. The molecule has 0 aliphatic heterocycles. The van der Waals surface area contributed by atoms with Crippen LogP contribution in [0.15, 0.2) is 52.2 Å². The van der Waals surface area contributed by atoms with Crippen LogP contribution in [0.5, 0.6) is 0 Å². The number of hydrogen-bond donors (Lipinski definition) is 1. The largest absolute Gasteiger partial charge is 0.469 e. The van der Waals surface area contributed by atoms with Crippen LogP contribution >= 0.6 is 11.8 Å². The number of nitrogens with zero attached hydrogens (tertiary/aromatic N) is 4. The molecule has 3 aromatic rings. The molecule has 7 nitrogen and oxygen atoms in total. The van der Waals surface area contributed by atoms with E-state index in [0.29, 0.717) is 11.7 Å². The second-order valence-electron chi connectivity index (χ2n) is 6.74. The van der Waals surface area contributed by atoms with E-state index in [4.69, 9.17) is 4.42 Å². The summed E-state index contributed by atoms with van der Waals surface area (Å²) in [7, 11) is 5.91. The smallest absolute Gasteiger partial charge is 0.230 e. The van der Waals surface area contributed by atoms with Crippen molar-refractivity contribution in [3.63, 3.8) is 0 Å². The fourth-order valence-corrected chi connectivity index (χ4v) is 3.70. The Morgan fingerprint density at radius 1 is 1.25 bits per heavy atom. The number of carbonyl (C=O) groups is 1. The van der Waals surface area contributed by atoms with Crippen molar-refractivity contribution in [1.29, 1.82) is 0 Å². The third-order valence-electron chi connectivity index (χ3n) is 4.57. The van der Waals surface area contributed by atoms with Crippen LogP contribution < -0.4 is 5.32 Å². The Labute approximate surface area is 169 Å².